The Labute approximate surface area is 146 Å². The molecule has 1 aromatic carbocycles. The van der Waals surface area contributed by atoms with Crippen molar-refractivity contribution in [2.45, 2.75) is 39.8 Å². The van der Waals surface area contributed by atoms with Gasteiger partial charge < -0.3 is 10.6 Å². The number of benzene rings is 1. The molecule has 0 amide bonds. The second-order valence-electron chi connectivity index (χ2n) is 5.31. The van der Waals surface area contributed by atoms with E-state index in [1.54, 1.807) is 6.07 Å². The van der Waals surface area contributed by atoms with Gasteiger partial charge in [0.05, 0.1) is 6.54 Å². The molecule has 2 N–H and O–H groups in total. The fraction of sp³-hybridized carbons (Fsp3) is 0.500. The van der Waals surface area contributed by atoms with Crippen LogP contribution in [0.3, 0.4) is 0 Å². The van der Waals surface area contributed by atoms with Crippen LogP contribution in [0.25, 0.3) is 0 Å². The average Bonchev–Trinajstić information content (AvgIpc) is 2.28. The normalized spacial score (nSPS) is 11.8. The lowest BCUT2D eigenvalue weighted by atomic mass is 10.1. The molecule has 0 aromatic heterocycles. The molecule has 0 fully saturated rings. The third-order valence-corrected chi connectivity index (χ3v) is 3.03. The van der Waals surface area contributed by atoms with Crippen LogP contribution in [0.4, 0.5) is 4.39 Å². The summed E-state index contributed by atoms with van der Waals surface area (Å²) in [6.07, 6.45) is 0. The van der Waals surface area contributed by atoms with Crippen molar-refractivity contribution >= 4 is 45.9 Å². The molecular weight excluding hydrogens is 436 g/mol. The molecule has 0 aliphatic rings. The van der Waals surface area contributed by atoms with Crippen LogP contribution in [0.5, 0.6) is 0 Å². The molecule has 0 bridgehead atoms. The minimum Gasteiger partial charge on any atom is -0.357 e. The number of rotatable bonds is 3. The van der Waals surface area contributed by atoms with Crippen molar-refractivity contribution in [2.24, 2.45) is 4.99 Å². The number of nitrogens with one attached hydrogen (secondary N) is 2. The summed E-state index contributed by atoms with van der Waals surface area (Å²) in [5, 5.41) is 6.46. The van der Waals surface area contributed by atoms with Gasteiger partial charge in [-0.2, -0.15) is 0 Å². The Kier molecular flexibility index (Phi) is 8.65. The van der Waals surface area contributed by atoms with E-state index < -0.39 is 0 Å². The van der Waals surface area contributed by atoms with Crippen molar-refractivity contribution < 1.29 is 4.39 Å². The summed E-state index contributed by atoms with van der Waals surface area (Å²) in [4.78, 5) is 4.47. The first-order valence-corrected chi connectivity index (χ1v) is 7.11. The lowest BCUT2D eigenvalue weighted by Gasteiger charge is -2.23. The lowest BCUT2D eigenvalue weighted by Crippen LogP contribution is -2.47. The predicted octanol–water partition coefficient (Wildman–Crippen LogP) is 4.06. The van der Waals surface area contributed by atoms with Gasteiger partial charge in [0.25, 0.3) is 0 Å². The number of guanidine groups is 1. The molecule has 6 heteroatoms. The van der Waals surface area contributed by atoms with Gasteiger partial charge in [0.1, 0.15) is 5.82 Å². The van der Waals surface area contributed by atoms with E-state index in [0.717, 1.165) is 22.5 Å². The van der Waals surface area contributed by atoms with Crippen LogP contribution in [0.2, 0.25) is 0 Å². The molecule has 114 valence electrons. The molecule has 0 unspecified atom stereocenters. The average molecular weight is 458 g/mol. The van der Waals surface area contributed by atoms with Crippen LogP contribution in [0, 0.1) is 5.82 Å². The first kappa shape index (κ1) is 19.6. The fourth-order valence-corrected chi connectivity index (χ4v) is 1.86. The second-order valence-corrected chi connectivity index (χ2v) is 6.16. The summed E-state index contributed by atoms with van der Waals surface area (Å²) in [5.41, 5.74) is 0.756. The molecule has 0 heterocycles. The Morgan fingerprint density at radius 3 is 2.55 bits per heavy atom. The molecule has 0 saturated carbocycles. The van der Waals surface area contributed by atoms with Gasteiger partial charge in [-0.25, -0.2) is 9.38 Å². The third kappa shape index (κ3) is 7.42. The van der Waals surface area contributed by atoms with Crippen molar-refractivity contribution in [1.29, 1.82) is 0 Å². The highest BCUT2D eigenvalue weighted by molar-refractivity contribution is 14.0. The number of hydrogen-bond donors (Lipinski definition) is 2. The molecule has 1 aromatic rings. The van der Waals surface area contributed by atoms with Gasteiger partial charge in [0, 0.05) is 16.6 Å². The summed E-state index contributed by atoms with van der Waals surface area (Å²) in [6.45, 7) is 9.42. The second kappa shape index (κ2) is 8.81. The Bertz CT molecular complexity index is 458. The van der Waals surface area contributed by atoms with Crippen molar-refractivity contribution in [1.82, 2.24) is 10.6 Å². The maximum Gasteiger partial charge on any atom is 0.191 e. The van der Waals surface area contributed by atoms with Gasteiger partial charge in [0.2, 0.25) is 0 Å². The van der Waals surface area contributed by atoms with E-state index in [1.165, 1.54) is 12.1 Å². The van der Waals surface area contributed by atoms with Gasteiger partial charge in [-0.3, -0.25) is 0 Å². The van der Waals surface area contributed by atoms with E-state index in [-0.39, 0.29) is 35.3 Å². The van der Waals surface area contributed by atoms with Gasteiger partial charge >= 0.3 is 0 Å². The van der Waals surface area contributed by atoms with Crippen LogP contribution in [-0.2, 0) is 6.54 Å². The van der Waals surface area contributed by atoms with E-state index >= 15 is 0 Å². The largest absolute Gasteiger partial charge is 0.357 e. The van der Waals surface area contributed by atoms with Gasteiger partial charge in [-0.15, -0.1) is 24.0 Å². The summed E-state index contributed by atoms with van der Waals surface area (Å²) in [7, 11) is 0. The molecule has 0 aliphatic carbocycles. The number of aliphatic imine (C=N–C) groups is 1. The Hall–Kier alpha value is -0.370. The molecule has 0 atom stereocenters. The van der Waals surface area contributed by atoms with Crippen molar-refractivity contribution in [3.63, 3.8) is 0 Å². The van der Waals surface area contributed by atoms with Gasteiger partial charge in [-0.05, 0) is 51.5 Å². The highest BCUT2D eigenvalue weighted by atomic mass is 127. The predicted molar refractivity (Wildman–Crippen MR) is 97.2 cm³/mol. The SMILES string of the molecule is CCNC(=NCc1cc(F)ccc1Br)NC(C)(C)C.I. The van der Waals surface area contributed by atoms with Crippen LogP contribution in [0.15, 0.2) is 27.7 Å². The highest BCUT2D eigenvalue weighted by Crippen LogP contribution is 2.18. The van der Waals surface area contributed by atoms with Gasteiger partial charge in [-0.1, -0.05) is 15.9 Å². The summed E-state index contributed by atoms with van der Waals surface area (Å²) in [5.74, 6) is 0.480. The monoisotopic (exact) mass is 457 g/mol. The Morgan fingerprint density at radius 2 is 2.00 bits per heavy atom. The van der Waals surface area contributed by atoms with Crippen LogP contribution < -0.4 is 10.6 Å². The molecule has 3 nitrogen and oxygen atoms in total. The molecule has 0 radical (unpaired) electrons. The fourth-order valence-electron chi connectivity index (χ4n) is 1.49. The van der Waals surface area contributed by atoms with Crippen molar-refractivity contribution in [3.05, 3.63) is 34.1 Å². The maximum absolute atomic E-state index is 13.2. The first-order valence-electron chi connectivity index (χ1n) is 6.32. The quantitative estimate of drug-likeness (QED) is 0.408. The molecule has 1 rings (SSSR count). The smallest absolute Gasteiger partial charge is 0.191 e. The van der Waals surface area contributed by atoms with Gasteiger partial charge in [0.15, 0.2) is 5.96 Å². The van der Waals surface area contributed by atoms with Crippen molar-refractivity contribution in [2.75, 3.05) is 6.54 Å². The minimum absolute atomic E-state index is 0. The van der Waals surface area contributed by atoms with Crippen LogP contribution in [0.1, 0.15) is 33.3 Å². The number of nitrogens with zero attached hydrogens (tertiary/aromatic N) is 1. The first-order chi connectivity index (χ1) is 8.81. The standard InChI is InChI=1S/C14H21BrFN3.HI/c1-5-17-13(19-14(2,3)4)18-9-10-8-11(16)6-7-12(10)15;/h6-8H,5,9H2,1-4H3,(H2,17,18,19);1H. The Balaban J connectivity index is 0.00000361. The van der Waals surface area contributed by atoms with E-state index in [9.17, 15) is 4.39 Å². The minimum atomic E-state index is -0.248. The third-order valence-electron chi connectivity index (χ3n) is 2.25. The molecule has 0 saturated heterocycles. The van der Waals surface area contributed by atoms with Crippen LogP contribution in [-0.4, -0.2) is 18.0 Å². The molecular formula is C14H22BrFIN3. The summed E-state index contributed by atoms with van der Waals surface area (Å²) in [6, 6.07) is 4.62. The summed E-state index contributed by atoms with van der Waals surface area (Å²) < 4.78 is 14.1. The molecule has 0 spiro atoms. The summed E-state index contributed by atoms with van der Waals surface area (Å²) >= 11 is 3.40. The zero-order chi connectivity index (χ0) is 14.5. The topological polar surface area (TPSA) is 36.4 Å². The molecule has 20 heavy (non-hydrogen) atoms. The van der Waals surface area contributed by atoms with Crippen LogP contribution >= 0.6 is 39.9 Å². The zero-order valence-electron chi connectivity index (χ0n) is 12.3. The Morgan fingerprint density at radius 1 is 1.35 bits per heavy atom. The van der Waals surface area contributed by atoms with E-state index in [2.05, 4.69) is 52.3 Å². The van der Waals surface area contributed by atoms with Crippen molar-refractivity contribution in [3.8, 4) is 0 Å². The van der Waals surface area contributed by atoms with E-state index in [0.29, 0.717) is 6.54 Å². The number of halogens is 3. The highest BCUT2D eigenvalue weighted by Gasteiger charge is 2.11. The van der Waals surface area contributed by atoms with E-state index in [4.69, 9.17) is 0 Å². The lowest BCUT2D eigenvalue weighted by molar-refractivity contribution is 0.501. The zero-order valence-corrected chi connectivity index (χ0v) is 16.2. The maximum atomic E-state index is 13.2. The molecule has 0 aliphatic heterocycles. The number of hydrogen-bond acceptors (Lipinski definition) is 1. The van der Waals surface area contributed by atoms with E-state index in [1.807, 2.05) is 6.92 Å².